The summed E-state index contributed by atoms with van der Waals surface area (Å²) in [6.45, 7) is 2.58. The summed E-state index contributed by atoms with van der Waals surface area (Å²) >= 11 is 0. The number of benzene rings is 1. The van der Waals surface area contributed by atoms with Crippen molar-refractivity contribution in [1.82, 2.24) is 9.97 Å². The normalized spacial score (nSPS) is 11.1. The Kier molecular flexibility index (Phi) is 3.77. The molecule has 1 aromatic heterocycles. The zero-order chi connectivity index (χ0) is 13.0. The monoisotopic (exact) mass is 243 g/mol. The number of hydrogen-bond acceptors (Lipinski definition) is 4. The fourth-order valence-corrected chi connectivity index (χ4v) is 1.70. The van der Waals surface area contributed by atoms with Crippen molar-refractivity contribution in [3.05, 3.63) is 36.4 Å². The molecule has 0 bridgehead atoms. The van der Waals surface area contributed by atoms with Gasteiger partial charge in [0.15, 0.2) is 5.82 Å². The Morgan fingerprint density at radius 2 is 2.00 bits per heavy atom. The molecule has 1 heterocycles. The molecule has 0 spiro atoms. The summed E-state index contributed by atoms with van der Waals surface area (Å²) in [7, 11) is 3.95. The van der Waals surface area contributed by atoms with Gasteiger partial charge in [0.1, 0.15) is 5.82 Å². The fraction of sp³-hybridized carbons (Fsp3) is 0.286. The number of nitrogens with zero attached hydrogens (tertiary/aromatic N) is 3. The van der Waals surface area contributed by atoms with Crippen LogP contribution in [0.4, 0.5) is 5.82 Å². The third kappa shape index (κ3) is 2.59. The number of anilines is 1. The summed E-state index contributed by atoms with van der Waals surface area (Å²) in [6, 6.07) is 7.99. The van der Waals surface area contributed by atoms with E-state index in [2.05, 4.69) is 9.97 Å². The van der Waals surface area contributed by atoms with E-state index in [0.717, 1.165) is 16.7 Å². The van der Waals surface area contributed by atoms with Gasteiger partial charge in [-0.15, -0.1) is 0 Å². The Morgan fingerprint density at radius 1 is 1.22 bits per heavy atom. The lowest BCUT2D eigenvalue weighted by Crippen LogP contribution is -2.12. The SMILES string of the molecule is CCOC=Cc1nc(N(C)C)c2ccccc2n1. The molecule has 18 heavy (non-hydrogen) atoms. The van der Waals surface area contributed by atoms with Crippen LogP contribution in [0.2, 0.25) is 0 Å². The van der Waals surface area contributed by atoms with Gasteiger partial charge in [-0.3, -0.25) is 0 Å². The van der Waals surface area contributed by atoms with Gasteiger partial charge in [-0.05, 0) is 19.1 Å². The molecule has 0 N–H and O–H groups in total. The lowest BCUT2D eigenvalue weighted by molar-refractivity contribution is 0.272. The highest BCUT2D eigenvalue weighted by Crippen LogP contribution is 2.22. The number of ether oxygens (including phenoxy) is 1. The number of aromatic nitrogens is 2. The van der Waals surface area contributed by atoms with Gasteiger partial charge >= 0.3 is 0 Å². The van der Waals surface area contributed by atoms with Crippen LogP contribution in [-0.2, 0) is 4.74 Å². The Morgan fingerprint density at radius 3 is 2.72 bits per heavy atom. The molecule has 4 heteroatoms. The van der Waals surface area contributed by atoms with Crippen molar-refractivity contribution < 1.29 is 4.74 Å². The van der Waals surface area contributed by atoms with Crippen LogP contribution >= 0.6 is 0 Å². The summed E-state index contributed by atoms with van der Waals surface area (Å²) < 4.78 is 5.18. The molecule has 0 amide bonds. The summed E-state index contributed by atoms with van der Waals surface area (Å²) in [5.41, 5.74) is 0.937. The Labute approximate surface area is 107 Å². The van der Waals surface area contributed by atoms with Gasteiger partial charge in [-0.25, -0.2) is 9.97 Å². The maximum atomic E-state index is 5.18. The number of hydrogen-bond donors (Lipinski definition) is 0. The maximum Gasteiger partial charge on any atom is 0.158 e. The van der Waals surface area contributed by atoms with E-state index in [-0.39, 0.29) is 0 Å². The van der Waals surface area contributed by atoms with Crippen LogP contribution in [0.3, 0.4) is 0 Å². The Hall–Kier alpha value is -2.10. The lowest BCUT2D eigenvalue weighted by Gasteiger charge is -2.14. The van der Waals surface area contributed by atoms with E-state index in [1.54, 1.807) is 12.3 Å². The van der Waals surface area contributed by atoms with Crippen LogP contribution in [0.5, 0.6) is 0 Å². The molecule has 94 valence electrons. The highest BCUT2D eigenvalue weighted by atomic mass is 16.5. The van der Waals surface area contributed by atoms with Gasteiger partial charge in [0.2, 0.25) is 0 Å². The summed E-state index contributed by atoms with van der Waals surface area (Å²) in [4.78, 5) is 11.0. The van der Waals surface area contributed by atoms with E-state index in [9.17, 15) is 0 Å². The van der Waals surface area contributed by atoms with Gasteiger partial charge in [-0.1, -0.05) is 12.1 Å². The molecular formula is C14H17N3O. The third-order valence-corrected chi connectivity index (χ3v) is 2.50. The minimum atomic E-state index is 0.643. The van der Waals surface area contributed by atoms with Crippen LogP contribution in [0, 0.1) is 0 Å². The predicted octanol–water partition coefficient (Wildman–Crippen LogP) is 2.70. The molecule has 0 aliphatic carbocycles. The summed E-state index contributed by atoms with van der Waals surface area (Å²) in [5.74, 6) is 1.57. The highest BCUT2D eigenvalue weighted by Gasteiger charge is 2.07. The van der Waals surface area contributed by atoms with E-state index in [4.69, 9.17) is 4.74 Å². The molecule has 0 fully saturated rings. The average molecular weight is 243 g/mol. The number of rotatable bonds is 4. The fourth-order valence-electron chi connectivity index (χ4n) is 1.70. The van der Waals surface area contributed by atoms with Gasteiger partial charge < -0.3 is 9.64 Å². The van der Waals surface area contributed by atoms with Crippen LogP contribution in [0.1, 0.15) is 12.7 Å². The van der Waals surface area contributed by atoms with Crippen LogP contribution in [-0.4, -0.2) is 30.7 Å². The number of fused-ring (bicyclic) bond motifs is 1. The Bertz CT molecular complexity index is 564. The number of para-hydroxylation sites is 1. The van der Waals surface area contributed by atoms with Crippen LogP contribution < -0.4 is 4.90 Å². The highest BCUT2D eigenvalue weighted by molar-refractivity contribution is 5.89. The maximum absolute atomic E-state index is 5.18. The third-order valence-electron chi connectivity index (χ3n) is 2.50. The first-order valence-electron chi connectivity index (χ1n) is 5.94. The van der Waals surface area contributed by atoms with Crippen LogP contribution in [0.15, 0.2) is 30.5 Å². The first kappa shape index (κ1) is 12.4. The van der Waals surface area contributed by atoms with Gasteiger partial charge in [0.05, 0.1) is 18.4 Å². The Balaban J connectivity index is 2.50. The largest absolute Gasteiger partial charge is 0.501 e. The molecule has 2 aromatic rings. The molecule has 0 radical (unpaired) electrons. The predicted molar refractivity (Wildman–Crippen MR) is 74.5 cm³/mol. The minimum Gasteiger partial charge on any atom is -0.501 e. The second kappa shape index (κ2) is 5.49. The van der Waals surface area contributed by atoms with Gasteiger partial charge in [0, 0.05) is 25.6 Å². The molecule has 0 atom stereocenters. The van der Waals surface area contributed by atoms with Crippen molar-refractivity contribution in [3.63, 3.8) is 0 Å². The molecule has 2 rings (SSSR count). The standard InChI is InChI=1S/C14H17N3O/c1-4-18-10-9-13-15-12-8-6-5-7-11(12)14(16-13)17(2)3/h5-10H,4H2,1-3H3. The smallest absolute Gasteiger partial charge is 0.158 e. The quantitative estimate of drug-likeness (QED) is 0.774. The molecule has 0 saturated carbocycles. The molecular weight excluding hydrogens is 226 g/mol. The van der Waals surface area contributed by atoms with E-state index < -0.39 is 0 Å². The summed E-state index contributed by atoms with van der Waals surface area (Å²) in [5, 5.41) is 1.05. The molecule has 4 nitrogen and oxygen atoms in total. The average Bonchev–Trinajstić information content (AvgIpc) is 2.38. The minimum absolute atomic E-state index is 0.643. The topological polar surface area (TPSA) is 38.2 Å². The molecule has 0 unspecified atom stereocenters. The molecule has 0 saturated heterocycles. The van der Waals surface area contributed by atoms with Crippen molar-refractivity contribution in [1.29, 1.82) is 0 Å². The van der Waals surface area contributed by atoms with Gasteiger partial charge in [-0.2, -0.15) is 0 Å². The van der Waals surface area contributed by atoms with Crippen molar-refractivity contribution in [2.75, 3.05) is 25.6 Å². The molecule has 0 aliphatic rings. The lowest BCUT2D eigenvalue weighted by atomic mass is 10.2. The second-order valence-electron chi connectivity index (χ2n) is 4.08. The first-order chi connectivity index (χ1) is 8.72. The van der Waals surface area contributed by atoms with E-state index in [1.165, 1.54) is 0 Å². The van der Waals surface area contributed by atoms with E-state index >= 15 is 0 Å². The molecule has 1 aromatic carbocycles. The van der Waals surface area contributed by atoms with Crippen molar-refractivity contribution >= 4 is 22.8 Å². The molecule has 0 aliphatic heterocycles. The van der Waals surface area contributed by atoms with E-state index in [1.807, 2.05) is 50.2 Å². The zero-order valence-corrected chi connectivity index (χ0v) is 10.9. The second-order valence-corrected chi connectivity index (χ2v) is 4.08. The summed E-state index contributed by atoms with van der Waals surface area (Å²) in [6.07, 6.45) is 3.41. The van der Waals surface area contributed by atoms with Crippen molar-refractivity contribution in [3.8, 4) is 0 Å². The van der Waals surface area contributed by atoms with Crippen molar-refractivity contribution in [2.24, 2.45) is 0 Å². The zero-order valence-electron chi connectivity index (χ0n) is 10.9. The van der Waals surface area contributed by atoms with Crippen LogP contribution in [0.25, 0.3) is 17.0 Å². The first-order valence-corrected chi connectivity index (χ1v) is 5.94. The van der Waals surface area contributed by atoms with E-state index in [0.29, 0.717) is 12.4 Å². The van der Waals surface area contributed by atoms with Gasteiger partial charge in [0.25, 0.3) is 0 Å². The van der Waals surface area contributed by atoms with Crippen molar-refractivity contribution in [2.45, 2.75) is 6.92 Å².